The van der Waals surface area contributed by atoms with Crippen molar-refractivity contribution in [1.82, 2.24) is 14.4 Å². The third-order valence-electron chi connectivity index (χ3n) is 6.67. The van der Waals surface area contributed by atoms with Crippen LogP contribution in [0.2, 0.25) is 5.02 Å². The van der Waals surface area contributed by atoms with Gasteiger partial charge in [-0.25, -0.2) is 0 Å². The summed E-state index contributed by atoms with van der Waals surface area (Å²) in [6, 6.07) is 7.86. The predicted molar refractivity (Wildman–Crippen MR) is 125 cm³/mol. The number of carbonyl (C=O) groups is 1. The van der Waals surface area contributed by atoms with Crippen molar-refractivity contribution in [3.8, 4) is 0 Å². The van der Waals surface area contributed by atoms with E-state index in [4.69, 9.17) is 11.6 Å². The highest BCUT2D eigenvalue weighted by Gasteiger charge is 2.40. The number of fused-ring (bicyclic) bond motifs is 1. The molecule has 0 aliphatic carbocycles. The van der Waals surface area contributed by atoms with Crippen molar-refractivity contribution in [2.24, 2.45) is 0 Å². The van der Waals surface area contributed by atoms with Crippen LogP contribution in [0, 0.1) is 6.92 Å². The van der Waals surface area contributed by atoms with Crippen molar-refractivity contribution in [3.05, 3.63) is 52.3 Å². The summed E-state index contributed by atoms with van der Waals surface area (Å²) in [5.74, 6) is 0.0582. The van der Waals surface area contributed by atoms with E-state index in [-0.39, 0.29) is 11.9 Å². The normalized spacial score (nSPS) is 22.5. The van der Waals surface area contributed by atoms with Gasteiger partial charge in [0.25, 0.3) is 5.91 Å². The van der Waals surface area contributed by atoms with E-state index in [9.17, 15) is 9.90 Å². The molecule has 6 nitrogen and oxygen atoms in total. The number of aromatic nitrogens is 1. The van der Waals surface area contributed by atoms with Gasteiger partial charge in [0, 0.05) is 62.7 Å². The molecule has 31 heavy (non-hydrogen) atoms. The number of halogens is 1. The summed E-state index contributed by atoms with van der Waals surface area (Å²) in [5.41, 5.74) is 3.61. The number of carbonyl (C=O) groups excluding carboxylic acids is 1. The van der Waals surface area contributed by atoms with E-state index in [2.05, 4.69) is 40.3 Å². The first-order valence-corrected chi connectivity index (χ1v) is 11.7. The second kappa shape index (κ2) is 9.23. The Kier molecular flexibility index (Phi) is 6.60. The number of amides is 1. The monoisotopic (exact) mass is 444 g/mol. The standard InChI is InChI=1S/C24H33ClN4O2/c1-4-10-29-16-20(23(30)22-21(24(29)31)17(3)15-26(22)5-2)28-13-11-27(12-14-28)19-8-6-18(25)7-9-19/h6-9,15,20,23,30H,4-5,10-14,16H2,1-3H3. The van der Waals surface area contributed by atoms with E-state index >= 15 is 0 Å². The van der Waals surface area contributed by atoms with Crippen molar-refractivity contribution < 1.29 is 9.90 Å². The predicted octanol–water partition coefficient (Wildman–Crippen LogP) is 3.56. The van der Waals surface area contributed by atoms with Crippen LogP contribution in [0.15, 0.2) is 30.5 Å². The highest BCUT2D eigenvalue weighted by atomic mass is 35.5. The molecular formula is C24H33ClN4O2. The molecule has 168 valence electrons. The largest absolute Gasteiger partial charge is 0.385 e. The maximum Gasteiger partial charge on any atom is 0.256 e. The highest BCUT2D eigenvalue weighted by Crippen LogP contribution is 2.34. The lowest BCUT2D eigenvalue weighted by molar-refractivity contribution is 0.0245. The van der Waals surface area contributed by atoms with E-state index in [1.165, 1.54) is 5.69 Å². The number of nitrogens with zero attached hydrogens (tertiary/aromatic N) is 4. The van der Waals surface area contributed by atoms with E-state index in [1.807, 2.05) is 30.2 Å². The Labute approximate surface area is 190 Å². The number of benzene rings is 1. The molecule has 0 bridgehead atoms. The average Bonchev–Trinajstić information content (AvgIpc) is 3.07. The molecule has 2 unspecified atom stereocenters. The van der Waals surface area contributed by atoms with Crippen LogP contribution in [0.5, 0.6) is 0 Å². The summed E-state index contributed by atoms with van der Waals surface area (Å²) < 4.78 is 2.06. The number of anilines is 1. The van der Waals surface area contributed by atoms with Gasteiger partial charge in [-0.05, 0) is 50.1 Å². The van der Waals surface area contributed by atoms with Crippen LogP contribution in [0.25, 0.3) is 0 Å². The zero-order valence-electron chi connectivity index (χ0n) is 18.7. The third-order valence-corrected chi connectivity index (χ3v) is 6.92. The van der Waals surface area contributed by atoms with E-state index in [0.717, 1.165) is 55.4 Å². The molecule has 0 radical (unpaired) electrons. The van der Waals surface area contributed by atoms with E-state index in [1.54, 1.807) is 0 Å². The SMILES string of the molecule is CCCN1CC(N2CCN(c3ccc(Cl)cc3)CC2)C(O)c2c(c(C)cn2CC)C1=O. The molecule has 1 N–H and O–H groups in total. The van der Waals surface area contributed by atoms with Gasteiger partial charge in [0.2, 0.25) is 0 Å². The minimum atomic E-state index is -0.684. The number of aliphatic hydroxyl groups is 1. The summed E-state index contributed by atoms with van der Waals surface area (Å²) in [4.78, 5) is 20.0. The van der Waals surface area contributed by atoms with E-state index < -0.39 is 6.10 Å². The molecule has 2 atom stereocenters. The van der Waals surface area contributed by atoms with Crippen LogP contribution < -0.4 is 4.90 Å². The Morgan fingerprint density at radius 1 is 1.10 bits per heavy atom. The average molecular weight is 445 g/mol. The fourth-order valence-corrected chi connectivity index (χ4v) is 5.19. The van der Waals surface area contributed by atoms with Gasteiger partial charge in [-0.2, -0.15) is 0 Å². The highest BCUT2D eigenvalue weighted by molar-refractivity contribution is 6.30. The summed E-state index contributed by atoms with van der Waals surface area (Å²) in [5, 5.41) is 12.3. The lowest BCUT2D eigenvalue weighted by atomic mass is 10.0. The Morgan fingerprint density at radius 2 is 1.77 bits per heavy atom. The smallest absolute Gasteiger partial charge is 0.256 e. The molecule has 1 fully saturated rings. The number of hydrogen-bond acceptors (Lipinski definition) is 4. The summed E-state index contributed by atoms with van der Waals surface area (Å²) in [7, 11) is 0. The first-order chi connectivity index (χ1) is 14.9. The molecule has 2 aliphatic rings. The van der Waals surface area contributed by atoms with Crippen molar-refractivity contribution in [1.29, 1.82) is 0 Å². The van der Waals surface area contributed by atoms with Crippen LogP contribution in [-0.4, -0.2) is 70.7 Å². The van der Waals surface area contributed by atoms with Gasteiger partial charge in [-0.15, -0.1) is 0 Å². The lowest BCUT2D eigenvalue weighted by Crippen LogP contribution is -2.55. The van der Waals surface area contributed by atoms with Crippen LogP contribution >= 0.6 is 11.6 Å². The number of hydrogen-bond donors (Lipinski definition) is 1. The molecule has 1 amide bonds. The van der Waals surface area contributed by atoms with Gasteiger partial charge in [0.05, 0.1) is 17.3 Å². The molecule has 3 heterocycles. The summed E-state index contributed by atoms with van der Waals surface area (Å²) >= 11 is 6.04. The molecule has 1 aromatic heterocycles. The van der Waals surface area contributed by atoms with Gasteiger partial charge in [-0.3, -0.25) is 9.69 Å². The second-order valence-electron chi connectivity index (χ2n) is 8.62. The topological polar surface area (TPSA) is 52.0 Å². The van der Waals surface area contributed by atoms with E-state index in [0.29, 0.717) is 18.7 Å². The van der Waals surface area contributed by atoms with Gasteiger partial charge in [0.1, 0.15) is 6.10 Å². The van der Waals surface area contributed by atoms with Gasteiger partial charge in [0.15, 0.2) is 0 Å². The zero-order valence-corrected chi connectivity index (χ0v) is 19.5. The van der Waals surface area contributed by atoms with Crippen LogP contribution in [0.4, 0.5) is 5.69 Å². The Hall–Kier alpha value is -2.02. The van der Waals surface area contributed by atoms with Crippen molar-refractivity contribution >= 4 is 23.2 Å². The Bertz CT molecular complexity index is 918. The van der Waals surface area contributed by atoms with Crippen LogP contribution in [0.1, 0.15) is 48.0 Å². The minimum absolute atomic E-state index is 0.0582. The first kappa shape index (κ1) is 22.2. The van der Waals surface area contributed by atoms with Crippen LogP contribution in [-0.2, 0) is 6.54 Å². The fraction of sp³-hybridized carbons (Fsp3) is 0.542. The number of aryl methyl sites for hydroxylation is 2. The fourth-order valence-electron chi connectivity index (χ4n) is 5.06. The Morgan fingerprint density at radius 3 is 2.39 bits per heavy atom. The summed E-state index contributed by atoms with van der Waals surface area (Å²) in [6.45, 7) is 11.6. The maximum absolute atomic E-state index is 13.4. The van der Waals surface area contributed by atoms with Gasteiger partial charge >= 0.3 is 0 Å². The minimum Gasteiger partial charge on any atom is -0.385 e. The molecule has 1 aromatic carbocycles. The molecule has 7 heteroatoms. The molecule has 4 rings (SSSR count). The zero-order chi connectivity index (χ0) is 22.1. The molecule has 1 saturated heterocycles. The second-order valence-corrected chi connectivity index (χ2v) is 9.06. The van der Waals surface area contributed by atoms with Crippen molar-refractivity contribution in [2.75, 3.05) is 44.2 Å². The third kappa shape index (κ3) is 4.21. The first-order valence-electron chi connectivity index (χ1n) is 11.4. The molecule has 2 aromatic rings. The number of piperazine rings is 1. The van der Waals surface area contributed by atoms with Gasteiger partial charge in [-0.1, -0.05) is 18.5 Å². The Balaban J connectivity index is 1.58. The van der Waals surface area contributed by atoms with Crippen molar-refractivity contribution in [3.63, 3.8) is 0 Å². The number of aliphatic hydroxyl groups excluding tert-OH is 1. The van der Waals surface area contributed by atoms with Crippen molar-refractivity contribution in [2.45, 2.75) is 45.9 Å². The number of rotatable bonds is 5. The quantitative estimate of drug-likeness (QED) is 0.766. The molecule has 0 saturated carbocycles. The summed E-state index contributed by atoms with van der Waals surface area (Å²) in [6.07, 6.45) is 2.23. The maximum atomic E-state index is 13.4. The molecular weight excluding hydrogens is 412 g/mol. The van der Waals surface area contributed by atoms with Crippen LogP contribution in [0.3, 0.4) is 0 Å². The lowest BCUT2D eigenvalue weighted by Gasteiger charge is -2.42. The molecule has 2 aliphatic heterocycles. The molecule has 0 spiro atoms. The van der Waals surface area contributed by atoms with Gasteiger partial charge < -0.3 is 19.5 Å².